The van der Waals surface area contributed by atoms with Crippen molar-refractivity contribution in [2.24, 2.45) is 11.7 Å². The lowest BCUT2D eigenvalue weighted by Gasteiger charge is -2.35. The Labute approximate surface area is 211 Å². The molecule has 0 spiro atoms. The Hall–Kier alpha value is -3.78. The molecule has 1 aromatic heterocycles. The summed E-state index contributed by atoms with van der Waals surface area (Å²) in [5.74, 6) is -1.28. The van der Waals surface area contributed by atoms with Crippen LogP contribution in [0.1, 0.15) is 69.7 Å². The highest BCUT2D eigenvalue weighted by atomic mass is 16.4. The molecule has 0 radical (unpaired) electrons. The largest absolute Gasteiger partial charge is 0.477 e. The standard InChI is InChI=1S/C28H34N4O4/c1-18(2)24(31(16-8-15-29)26(33)22-13-11-19(3)12-14-22)25-30-20(4)23(28(35)36)27(34)32(25)17-21-9-6-5-7-10-21/h5-7,9-14,18,24H,8,15-17,29H2,1-4H3,(H,35,36). The molecule has 0 fully saturated rings. The van der Waals surface area contributed by atoms with Gasteiger partial charge in [0, 0.05) is 12.1 Å². The van der Waals surface area contributed by atoms with Crippen LogP contribution in [0.25, 0.3) is 0 Å². The van der Waals surface area contributed by atoms with Crippen molar-refractivity contribution in [3.05, 3.63) is 98.7 Å². The summed E-state index contributed by atoms with van der Waals surface area (Å²) >= 11 is 0. The number of amides is 1. The van der Waals surface area contributed by atoms with Gasteiger partial charge in [-0.05, 0) is 50.4 Å². The molecule has 3 rings (SSSR count). The number of aryl methyl sites for hydroxylation is 2. The lowest BCUT2D eigenvalue weighted by atomic mass is 9.98. The Morgan fingerprint density at radius 3 is 2.25 bits per heavy atom. The Bertz CT molecular complexity index is 1270. The van der Waals surface area contributed by atoms with E-state index in [2.05, 4.69) is 4.98 Å². The average molecular weight is 491 g/mol. The molecule has 0 aliphatic carbocycles. The van der Waals surface area contributed by atoms with Crippen molar-refractivity contribution in [3.8, 4) is 0 Å². The minimum Gasteiger partial charge on any atom is -0.477 e. The normalized spacial score (nSPS) is 11.9. The SMILES string of the molecule is Cc1ccc(C(=O)N(CCCN)C(c2nc(C)c(C(=O)O)c(=O)n2Cc2ccccc2)C(C)C)cc1. The molecule has 0 bridgehead atoms. The summed E-state index contributed by atoms with van der Waals surface area (Å²) in [4.78, 5) is 45.6. The van der Waals surface area contributed by atoms with Crippen LogP contribution in [-0.2, 0) is 6.54 Å². The maximum absolute atomic E-state index is 13.8. The van der Waals surface area contributed by atoms with Gasteiger partial charge in [0.1, 0.15) is 11.4 Å². The topological polar surface area (TPSA) is 119 Å². The van der Waals surface area contributed by atoms with Crippen molar-refractivity contribution in [3.63, 3.8) is 0 Å². The molecule has 1 amide bonds. The predicted octanol–water partition coefficient (Wildman–Crippen LogP) is 3.79. The number of carboxylic acids is 1. The highest BCUT2D eigenvalue weighted by Crippen LogP contribution is 2.30. The molecule has 0 aliphatic rings. The summed E-state index contributed by atoms with van der Waals surface area (Å²) in [5.41, 5.74) is 7.32. The lowest BCUT2D eigenvalue weighted by molar-refractivity contribution is 0.0597. The van der Waals surface area contributed by atoms with E-state index >= 15 is 0 Å². The molecule has 36 heavy (non-hydrogen) atoms. The number of aromatic nitrogens is 2. The van der Waals surface area contributed by atoms with Crippen LogP contribution in [0.4, 0.5) is 0 Å². The second-order valence-corrected chi connectivity index (χ2v) is 9.31. The number of nitrogens with two attached hydrogens (primary N) is 1. The lowest BCUT2D eigenvalue weighted by Crippen LogP contribution is -2.43. The molecule has 1 heterocycles. The molecule has 1 atom stereocenters. The first-order valence-corrected chi connectivity index (χ1v) is 12.1. The Morgan fingerprint density at radius 1 is 1.06 bits per heavy atom. The first kappa shape index (κ1) is 26.8. The smallest absolute Gasteiger partial charge is 0.343 e. The van der Waals surface area contributed by atoms with Gasteiger partial charge in [-0.3, -0.25) is 14.2 Å². The van der Waals surface area contributed by atoms with Gasteiger partial charge in [-0.15, -0.1) is 0 Å². The van der Waals surface area contributed by atoms with E-state index < -0.39 is 17.6 Å². The van der Waals surface area contributed by atoms with Gasteiger partial charge >= 0.3 is 5.97 Å². The summed E-state index contributed by atoms with van der Waals surface area (Å²) in [6.07, 6.45) is 0.565. The first-order chi connectivity index (χ1) is 17.1. The average Bonchev–Trinajstić information content (AvgIpc) is 2.84. The highest BCUT2D eigenvalue weighted by molar-refractivity contribution is 5.94. The van der Waals surface area contributed by atoms with E-state index in [0.29, 0.717) is 30.9 Å². The first-order valence-electron chi connectivity index (χ1n) is 12.1. The molecule has 3 aromatic rings. The van der Waals surface area contributed by atoms with Crippen LogP contribution >= 0.6 is 0 Å². The number of hydrogen-bond donors (Lipinski definition) is 2. The van der Waals surface area contributed by atoms with E-state index in [-0.39, 0.29) is 29.6 Å². The molecule has 0 saturated carbocycles. The molecule has 1 unspecified atom stereocenters. The number of rotatable bonds is 10. The zero-order chi connectivity index (χ0) is 26.4. The number of hydrogen-bond acceptors (Lipinski definition) is 5. The quantitative estimate of drug-likeness (QED) is 0.446. The van der Waals surface area contributed by atoms with Crippen LogP contribution in [-0.4, -0.2) is 44.5 Å². The number of aromatic carboxylic acids is 1. The van der Waals surface area contributed by atoms with Gasteiger partial charge in [-0.1, -0.05) is 61.9 Å². The molecule has 2 aromatic carbocycles. The molecule has 190 valence electrons. The summed E-state index contributed by atoms with van der Waals surface area (Å²) in [5, 5.41) is 9.73. The minimum absolute atomic E-state index is 0.124. The second kappa shape index (κ2) is 11.8. The van der Waals surface area contributed by atoms with Gasteiger partial charge in [0.25, 0.3) is 11.5 Å². The van der Waals surface area contributed by atoms with E-state index in [1.54, 1.807) is 17.0 Å². The summed E-state index contributed by atoms with van der Waals surface area (Å²) < 4.78 is 1.40. The maximum atomic E-state index is 13.8. The van der Waals surface area contributed by atoms with E-state index in [9.17, 15) is 19.5 Å². The van der Waals surface area contributed by atoms with E-state index in [4.69, 9.17) is 5.73 Å². The van der Waals surface area contributed by atoms with Crippen molar-refractivity contribution in [2.45, 2.75) is 46.7 Å². The van der Waals surface area contributed by atoms with Crippen molar-refractivity contribution in [1.82, 2.24) is 14.5 Å². The zero-order valence-electron chi connectivity index (χ0n) is 21.3. The molecule has 8 heteroatoms. The molecule has 8 nitrogen and oxygen atoms in total. The van der Waals surface area contributed by atoms with Crippen LogP contribution in [0, 0.1) is 19.8 Å². The summed E-state index contributed by atoms with van der Waals surface area (Å²) in [6.45, 7) is 8.29. The van der Waals surface area contributed by atoms with Crippen molar-refractivity contribution in [2.75, 3.05) is 13.1 Å². The Kier molecular flexibility index (Phi) is 8.77. The molecular formula is C28H34N4O4. The molecule has 0 saturated heterocycles. The van der Waals surface area contributed by atoms with Gasteiger partial charge in [-0.25, -0.2) is 9.78 Å². The van der Waals surface area contributed by atoms with Crippen LogP contribution in [0.15, 0.2) is 59.4 Å². The van der Waals surface area contributed by atoms with Gasteiger partial charge < -0.3 is 15.7 Å². The van der Waals surface area contributed by atoms with E-state index in [1.807, 2.05) is 63.2 Å². The third kappa shape index (κ3) is 5.88. The van der Waals surface area contributed by atoms with Gasteiger partial charge in [0.2, 0.25) is 0 Å². The van der Waals surface area contributed by atoms with Crippen molar-refractivity contribution >= 4 is 11.9 Å². The third-order valence-corrected chi connectivity index (χ3v) is 6.17. The third-order valence-electron chi connectivity index (χ3n) is 6.17. The Balaban J connectivity index is 2.23. The van der Waals surface area contributed by atoms with E-state index in [1.165, 1.54) is 11.5 Å². The molecular weight excluding hydrogens is 456 g/mol. The van der Waals surface area contributed by atoms with Crippen LogP contribution in [0.5, 0.6) is 0 Å². The second-order valence-electron chi connectivity index (χ2n) is 9.31. The number of nitrogens with zero attached hydrogens (tertiary/aromatic N) is 3. The van der Waals surface area contributed by atoms with Crippen LogP contribution in [0.2, 0.25) is 0 Å². The fourth-order valence-corrected chi connectivity index (χ4v) is 4.36. The number of carbonyl (C=O) groups excluding carboxylic acids is 1. The van der Waals surface area contributed by atoms with E-state index in [0.717, 1.165) is 11.1 Å². The summed E-state index contributed by atoms with van der Waals surface area (Å²) in [7, 11) is 0. The fourth-order valence-electron chi connectivity index (χ4n) is 4.36. The predicted molar refractivity (Wildman–Crippen MR) is 139 cm³/mol. The monoisotopic (exact) mass is 490 g/mol. The highest BCUT2D eigenvalue weighted by Gasteiger charge is 2.33. The molecule has 3 N–H and O–H groups in total. The maximum Gasteiger partial charge on any atom is 0.343 e. The summed E-state index contributed by atoms with van der Waals surface area (Å²) in [6, 6.07) is 16.1. The van der Waals surface area contributed by atoms with Crippen LogP contribution < -0.4 is 11.3 Å². The Morgan fingerprint density at radius 2 is 1.69 bits per heavy atom. The van der Waals surface area contributed by atoms with Gasteiger partial charge in [0.05, 0.1) is 18.3 Å². The van der Waals surface area contributed by atoms with Crippen molar-refractivity contribution in [1.29, 1.82) is 0 Å². The van der Waals surface area contributed by atoms with Crippen molar-refractivity contribution < 1.29 is 14.7 Å². The minimum atomic E-state index is -1.32. The number of benzene rings is 2. The zero-order valence-corrected chi connectivity index (χ0v) is 21.3. The number of carbonyl (C=O) groups is 2. The van der Waals surface area contributed by atoms with Gasteiger partial charge in [0.15, 0.2) is 0 Å². The number of carboxylic acid groups (broad SMARTS) is 1. The van der Waals surface area contributed by atoms with Crippen LogP contribution in [0.3, 0.4) is 0 Å². The van der Waals surface area contributed by atoms with Gasteiger partial charge in [-0.2, -0.15) is 0 Å². The molecule has 0 aliphatic heterocycles. The fraction of sp³-hybridized carbons (Fsp3) is 0.357.